The number of hydrogen-bond donors (Lipinski definition) is 1. The molecule has 0 aliphatic heterocycles. The molecule has 1 fully saturated rings. The summed E-state index contributed by atoms with van der Waals surface area (Å²) in [4.78, 5) is 4.32. The fourth-order valence-corrected chi connectivity index (χ4v) is 2.82. The minimum Gasteiger partial charge on any atom is -0.392 e. The maximum absolute atomic E-state index is 10.1. The van der Waals surface area contributed by atoms with Crippen molar-refractivity contribution in [2.45, 2.75) is 37.7 Å². The van der Waals surface area contributed by atoms with E-state index in [-0.39, 0.29) is 6.10 Å². The molecule has 3 rings (SSSR count). The molecule has 88 valence electrons. The molecule has 1 heterocycles. The smallest absolute Gasteiger partial charge is 0.0702 e. The third-order valence-corrected chi connectivity index (χ3v) is 3.78. The lowest BCUT2D eigenvalue weighted by Crippen LogP contribution is -2.22. The predicted molar refractivity (Wildman–Crippen MR) is 69.0 cm³/mol. The Kier molecular flexibility index (Phi) is 2.81. The number of aliphatic hydroxyl groups is 1. The highest BCUT2D eigenvalue weighted by Crippen LogP contribution is 2.34. The number of nitrogens with zero attached hydrogens (tertiary/aromatic N) is 1. The second-order valence-electron chi connectivity index (χ2n) is 4.91. The van der Waals surface area contributed by atoms with E-state index >= 15 is 0 Å². The van der Waals surface area contributed by atoms with E-state index in [4.69, 9.17) is 0 Å². The predicted octanol–water partition coefficient (Wildman–Crippen LogP) is 3.25. The molecule has 2 aromatic rings. The summed E-state index contributed by atoms with van der Waals surface area (Å²) in [5.74, 6) is 0.313. The number of aliphatic hydroxyl groups excluding tert-OH is 1. The van der Waals surface area contributed by atoms with Crippen LogP contribution in [0.2, 0.25) is 0 Å². The molecule has 1 saturated carbocycles. The quantitative estimate of drug-likeness (QED) is 0.811. The molecule has 2 nitrogen and oxygen atoms in total. The van der Waals surface area contributed by atoms with Crippen LogP contribution in [0, 0.1) is 0 Å². The zero-order chi connectivity index (χ0) is 11.7. The summed E-state index contributed by atoms with van der Waals surface area (Å²) in [6.07, 6.45) is 6.08. The molecule has 1 aliphatic carbocycles. The molecule has 1 aromatic heterocycles. The van der Waals surface area contributed by atoms with Crippen molar-refractivity contribution in [3.05, 3.63) is 42.1 Å². The Bertz CT molecular complexity index is 523. The van der Waals surface area contributed by atoms with Crippen molar-refractivity contribution in [2.24, 2.45) is 0 Å². The van der Waals surface area contributed by atoms with E-state index in [2.05, 4.69) is 29.2 Å². The van der Waals surface area contributed by atoms with Gasteiger partial charge in [-0.15, -0.1) is 0 Å². The molecule has 0 bridgehead atoms. The van der Waals surface area contributed by atoms with Crippen LogP contribution in [-0.2, 0) is 0 Å². The SMILES string of the molecule is OC1CCCCC1c1ccc2ncccc2c1. The first kappa shape index (κ1) is 10.7. The molecule has 0 amide bonds. The topological polar surface area (TPSA) is 33.1 Å². The van der Waals surface area contributed by atoms with Gasteiger partial charge in [0.25, 0.3) is 0 Å². The fourth-order valence-electron chi connectivity index (χ4n) is 2.82. The Morgan fingerprint density at radius 1 is 1.12 bits per heavy atom. The van der Waals surface area contributed by atoms with Crippen molar-refractivity contribution >= 4 is 10.9 Å². The second-order valence-corrected chi connectivity index (χ2v) is 4.91. The highest BCUT2D eigenvalue weighted by molar-refractivity contribution is 5.79. The minimum absolute atomic E-state index is 0.169. The van der Waals surface area contributed by atoms with Crippen LogP contribution in [0.4, 0.5) is 0 Å². The Labute approximate surface area is 101 Å². The maximum atomic E-state index is 10.1. The second kappa shape index (κ2) is 4.46. The van der Waals surface area contributed by atoms with Crippen LogP contribution in [0.1, 0.15) is 37.2 Å². The van der Waals surface area contributed by atoms with Crippen LogP contribution in [0.25, 0.3) is 10.9 Å². The fraction of sp³-hybridized carbons (Fsp3) is 0.400. The number of benzene rings is 1. The summed E-state index contributed by atoms with van der Waals surface area (Å²) in [5, 5.41) is 11.2. The number of hydrogen-bond acceptors (Lipinski definition) is 2. The van der Waals surface area contributed by atoms with E-state index in [0.717, 1.165) is 24.8 Å². The van der Waals surface area contributed by atoms with Gasteiger partial charge < -0.3 is 5.11 Å². The van der Waals surface area contributed by atoms with E-state index in [0.29, 0.717) is 5.92 Å². The van der Waals surface area contributed by atoms with Gasteiger partial charge in [0.05, 0.1) is 11.6 Å². The molecule has 0 spiro atoms. The Hall–Kier alpha value is -1.41. The van der Waals surface area contributed by atoms with E-state index in [1.54, 1.807) is 0 Å². The van der Waals surface area contributed by atoms with Crippen LogP contribution >= 0.6 is 0 Å². The molecular weight excluding hydrogens is 210 g/mol. The average molecular weight is 227 g/mol. The zero-order valence-corrected chi connectivity index (χ0v) is 9.84. The average Bonchev–Trinajstić information content (AvgIpc) is 2.39. The summed E-state index contributed by atoms with van der Waals surface area (Å²) in [7, 11) is 0. The van der Waals surface area contributed by atoms with Gasteiger partial charge in [-0.25, -0.2) is 0 Å². The summed E-state index contributed by atoms with van der Waals surface area (Å²) in [6, 6.07) is 10.4. The lowest BCUT2D eigenvalue weighted by molar-refractivity contribution is 0.106. The van der Waals surface area contributed by atoms with Crippen LogP contribution in [-0.4, -0.2) is 16.2 Å². The van der Waals surface area contributed by atoms with Gasteiger partial charge in [-0.2, -0.15) is 0 Å². The first-order valence-corrected chi connectivity index (χ1v) is 6.37. The van der Waals surface area contributed by atoms with Crippen molar-refractivity contribution < 1.29 is 5.11 Å². The summed E-state index contributed by atoms with van der Waals surface area (Å²) in [6.45, 7) is 0. The normalized spacial score (nSPS) is 25.0. The Balaban J connectivity index is 1.99. The monoisotopic (exact) mass is 227 g/mol. The highest BCUT2D eigenvalue weighted by atomic mass is 16.3. The van der Waals surface area contributed by atoms with Gasteiger partial charge in [-0.3, -0.25) is 4.98 Å². The van der Waals surface area contributed by atoms with Gasteiger partial charge in [-0.05, 0) is 36.6 Å². The molecule has 2 atom stereocenters. The highest BCUT2D eigenvalue weighted by Gasteiger charge is 2.24. The molecule has 17 heavy (non-hydrogen) atoms. The van der Waals surface area contributed by atoms with Crippen LogP contribution in [0.15, 0.2) is 36.5 Å². The lowest BCUT2D eigenvalue weighted by atomic mass is 9.81. The van der Waals surface area contributed by atoms with Crippen molar-refractivity contribution in [1.82, 2.24) is 4.98 Å². The number of fused-ring (bicyclic) bond motifs is 1. The van der Waals surface area contributed by atoms with Crippen molar-refractivity contribution in [3.63, 3.8) is 0 Å². The maximum Gasteiger partial charge on any atom is 0.0702 e. The van der Waals surface area contributed by atoms with E-state index in [1.165, 1.54) is 17.4 Å². The van der Waals surface area contributed by atoms with E-state index in [1.807, 2.05) is 12.3 Å². The number of pyridine rings is 1. The van der Waals surface area contributed by atoms with E-state index in [9.17, 15) is 5.11 Å². The van der Waals surface area contributed by atoms with Crippen LogP contribution in [0.5, 0.6) is 0 Å². The van der Waals surface area contributed by atoms with Gasteiger partial charge in [0.1, 0.15) is 0 Å². The van der Waals surface area contributed by atoms with Crippen molar-refractivity contribution in [2.75, 3.05) is 0 Å². The molecule has 1 aliphatic rings. The van der Waals surface area contributed by atoms with E-state index < -0.39 is 0 Å². The Morgan fingerprint density at radius 2 is 2.00 bits per heavy atom. The molecule has 1 aromatic carbocycles. The molecule has 0 saturated heterocycles. The Morgan fingerprint density at radius 3 is 2.88 bits per heavy atom. The summed E-state index contributed by atoms with van der Waals surface area (Å²) in [5.41, 5.74) is 2.29. The van der Waals surface area contributed by atoms with Crippen molar-refractivity contribution in [3.8, 4) is 0 Å². The molecular formula is C15H17NO. The van der Waals surface area contributed by atoms with Crippen LogP contribution in [0.3, 0.4) is 0 Å². The largest absolute Gasteiger partial charge is 0.392 e. The third kappa shape index (κ3) is 2.05. The molecule has 1 N–H and O–H groups in total. The van der Waals surface area contributed by atoms with Gasteiger partial charge >= 0.3 is 0 Å². The number of aromatic nitrogens is 1. The summed E-state index contributed by atoms with van der Waals surface area (Å²) < 4.78 is 0. The first-order chi connectivity index (χ1) is 8.34. The van der Waals surface area contributed by atoms with Gasteiger partial charge in [0.2, 0.25) is 0 Å². The van der Waals surface area contributed by atoms with Gasteiger partial charge in [0.15, 0.2) is 0 Å². The van der Waals surface area contributed by atoms with Crippen LogP contribution < -0.4 is 0 Å². The van der Waals surface area contributed by atoms with Gasteiger partial charge in [-0.1, -0.05) is 25.0 Å². The molecule has 2 heteroatoms. The molecule has 2 unspecified atom stereocenters. The lowest BCUT2D eigenvalue weighted by Gasteiger charge is -2.28. The standard InChI is InChI=1S/C15H17NO/c17-15-6-2-1-5-13(15)11-7-8-14-12(10-11)4-3-9-16-14/h3-4,7-10,13,15,17H,1-2,5-6H2. The first-order valence-electron chi connectivity index (χ1n) is 6.37. The molecule has 0 radical (unpaired) electrons. The third-order valence-electron chi connectivity index (χ3n) is 3.78. The van der Waals surface area contributed by atoms with Crippen molar-refractivity contribution in [1.29, 1.82) is 0 Å². The minimum atomic E-state index is -0.169. The zero-order valence-electron chi connectivity index (χ0n) is 9.84. The number of rotatable bonds is 1. The van der Waals surface area contributed by atoms with Gasteiger partial charge in [0, 0.05) is 17.5 Å². The summed E-state index contributed by atoms with van der Waals surface area (Å²) >= 11 is 0.